The molecule has 0 amide bonds. The third-order valence-corrected chi connectivity index (χ3v) is 4.43. The predicted octanol–water partition coefficient (Wildman–Crippen LogP) is 6.60. The molecule has 3 aromatic rings. The average molecular weight is 468 g/mol. The van der Waals surface area contributed by atoms with E-state index in [0.29, 0.717) is 22.8 Å². The number of benzene rings is 2. The van der Waals surface area contributed by atoms with Crippen molar-refractivity contribution < 1.29 is 31.4 Å². The number of nitrogens with zero attached hydrogens (tertiary/aromatic N) is 2. The van der Waals surface area contributed by atoms with E-state index in [4.69, 9.17) is 0 Å². The molecule has 11 heteroatoms. The van der Waals surface area contributed by atoms with Gasteiger partial charge in [-0.05, 0) is 49.7 Å². The summed E-state index contributed by atoms with van der Waals surface area (Å²) in [6.07, 6.45) is -4.03. The average Bonchev–Trinajstić information content (AvgIpc) is 2.73. The summed E-state index contributed by atoms with van der Waals surface area (Å²) in [6.45, 7) is 0.976. The van der Waals surface area contributed by atoms with E-state index in [9.17, 15) is 22.0 Å². The van der Waals surface area contributed by atoms with Crippen LogP contribution in [-0.2, 0) is 0 Å². The Morgan fingerprint density at radius 2 is 1.70 bits per heavy atom. The normalized spacial score (nSPS) is 12.4. The number of rotatable bonds is 9. The van der Waals surface area contributed by atoms with Gasteiger partial charge < -0.3 is 20.1 Å². The van der Waals surface area contributed by atoms with Gasteiger partial charge in [-0.15, -0.1) is 13.2 Å². The van der Waals surface area contributed by atoms with Gasteiger partial charge in [-0.2, -0.15) is 13.8 Å². The highest BCUT2D eigenvalue weighted by molar-refractivity contribution is 5.68. The maximum absolute atomic E-state index is 12.6. The molecule has 2 N–H and O–H groups in total. The van der Waals surface area contributed by atoms with Gasteiger partial charge >= 0.3 is 13.0 Å². The standard InChI is InChI=1S/C22H21F5N4O2/c1-3-13(2)28-21-30-18(14-5-4-6-17(11-14)33-22(25,26)27)12-19(31-21)29-15-7-9-16(10-8-15)32-20(23)24/h4-13,20H,3H2,1-2H3,(H2,28,29,30,31)/t13-/m0/s1. The Hall–Kier alpha value is -3.63. The lowest BCUT2D eigenvalue weighted by atomic mass is 10.1. The van der Waals surface area contributed by atoms with Gasteiger partial charge in [-0.1, -0.05) is 19.1 Å². The van der Waals surface area contributed by atoms with Crippen LogP contribution in [0.3, 0.4) is 0 Å². The molecule has 0 saturated carbocycles. The topological polar surface area (TPSA) is 68.3 Å². The quantitative estimate of drug-likeness (QED) is 0.345. The SMILES string of the molecule is CC[C@H](C)Nc1nc(Nc2ccc(OC(F)F)cc2)cc(-c2cccc(OC(F)(F)F)c2)n1. The lowest BCUT2D eigenvalue weighted by Gasteiger charge is -2.15. The summed E-state index contributed by atoms with van der Waals surface area (Å²) in [5.41, 5.74) is 1.27. The van der Waals surface area contributed by atoms with Gasteiger partial charge in [-0.25, -0.2) is 4.98 Å². The largest absolute Gasteiger partial charge is 0.573 e. The van der Waals surface area contributed by atoms with Crippen LogP contribution in [0.4, 0.5) is 39.4 Å². The van der Waals surface area contributed by atoms with Crippen molar-refractivity contribution in [2.45, 2.75) is 39.3 Å². The van der Waals surface area contributed by atoms with Gasteiger partial charge in [0.1, 0.15) is 17.3 Å². The van der Waals surface area contributed by atoms with Crippen molar-refractivity contribution in [1.82, 2.24) is 9.97 Å². The summed E-state index contributed by atoms with van der Waals surface area (Å²) in [5.74, 6) is 0.235. The van der Waals surface area contributed by atoms with Crippen molar-refractivity contribution in [2.75, 3.05) is 10.6 Å². The van der Waals surface area contributed by atoms with Gasteiger partial charge in [0.2, 0.25) is 5.95 Å². The lowest BCUT2D eigenvalue weighted by Crippen LogP contribution is -2.17. The second-order valence-corrected chi connectivity index (χ2v) is 7.02. The Morgan fingerprint density at radius 1 is 0.970 bits per heavy atom. The zero-order valence-electron chi connectivity index (χ0n) is 17.7. The molecule has 2 aromatic carbocycles. The molecular formula is C22H21F5N4O2. The first-order valence-corrected chi connectivity index (χ1v) is 9.95. The molecule has 0 fully saturated rings. The number of anilines is 3. The number of nitrogens with one attached hydrogen (secondary N) is 2. The highest BCUT2D eigenvalue weighted by atomic mass is 19.4. The van der Waals surface area contributed by atoms with Crippen molar-refractivity contribution in [3.05, 3.63) is 54.6 Å². The van der Waals surface area contributed by atoms with Crippen molar-refractivity contribution in [2.24, 2.45) is 0 Å². The van der Waals surface area contributed by atoms with Crippen molar-refractivity contribution >= 4 is 17.5 Å². The molecule has 0 unspecified atom stereocenters. The van der Waals surface area contributed by atoms with Gasteiger partial charge in [0.05, 0.1) is 5.69 Å². The van der Waals surface area contributed by atoms with Crippen LogP contribution >= 0.6 is 0 Å². The van der Waals surface area contributed by atoms with E-state index < -0.39 is 13.0 Å². The summed E-state index contributed by atoms with van der Waals surface area (Å²) in [7, 11) is 0. The van der Waals surface area contributed by atoms with Crippen molar-refractivity contribution in [3.63, 3.8) is 0 Å². The highest BCUT2D eigenvalue weighted by Crippen LogP contribution is 2.30. The molecule has 1 atom stereocenters. The Morgan fingerprint density at radius 3 is 2.33 bits per heavy atom. The summed E-state index contributed by atoms with van der Waals surface area (Å²) in [6, 6.07) is 12.8. The smallest absolute Gasteiger partial charge is 0.435 e. The molecule has 0 bridgehead atoms. The molecule has 0 spiro atoms. The lowest BCUT2D eigenvalue weighted by molar-refractivity contribution is -0.274. The zero-order valence-corrected chi connectivity index (χ0v) is 17.7. The first-order chi connectivity index (χ1) is 15.6. The van der Waals surface area contributed by atoms with Crippen LogP contribution in [0.1, 0.15) is 20.3 Å². The second-order valence-electron chi connectivity index (χ2n) is 7.02. The second kappa shape index (κ2) is 10.3. The summed E-state index contributed by atoms with van der Waals surface area (Å²) >= 11 is 0. The number of alkyl halides is 5. The van der Waals surface area contributed by atoms with Crippen LogP contribution in [-0.4, -0.2) is 29.0 Å². The molecule has 0 aliphatic heterocycles. The molecule has 6 nitrogen and oxygen atoms in total. The fraction of sp³-hybridized carbons (Fsp3) is 0.273. The van der Waals surface area contributed by atoms with E-state index >= 15 is 0 Å². The minimum atomic E-state index is -4.82. The van der Waals surface area contributed by atoms with Gasteiger partial charge in [0, 0.05) is 23.4 Å². The van der Waals surface area contributed by atoms with Crippen LogP contribution in [0.5, 0.6) is 11.5 Å². The molecule has 3 rings (SSSR count). The van der Waals surface area contributed by atoms with Crippen LogP contribution in [0.25, 0.3) is 11.3 Å². The van der Waals surface area contributed by atoms with Crippen LogP contribution in [0.2, 0.25) is 0 Å². The number of halogens is 5. The predicted molar refractivity (Wildman–Crippen MR) is 114 cm³/mol. The minimum Gasteiger partial charge on any atom is -0.435 e. The summed E-state index contributed by atoms with van der Waals surface area (Å²) < 4.78 is 70.8. The molecule has 0 aliphatic carbocycles. The summed E-state index contributed by atoms with van der Waals surface area (Å²) in [4.78, 5) is 8.81. The van der Waals surface area contributed by atoms with Crippen molar-refractivity contribution in [1.29, 1.82) is 0 Å². The number of ether oxygens (including phenoxy) is 2. The van der Waals surface area contributed by atoms with E-state index in [0.717, 1.165) is 6.42 Å². The number of hydrogen-bond donors (Lipinski definition) is 2. The molecule has 33 heavy (non-hydrogen) atoms. The van der Waals surface area contributed by atoms with Crippen LogP contribution in [0.15, 0.2) is 54.6 Å². The van der Waals surface area contributed by atoms with Crippen LogP contribution in [0, 0.1) is 0 Å². The number of aromatic nitrogens is 2. The third kappa shape index (κ3) is 7.48. The fourth-order valence-electron chi connectivity index (χ4n) is 2.77. The Bertz CT molecular complexity index is 1060. The van der Waals surface area contributed by atoms with Crippen molar-refractivity contribution in [3.8, 4) is 22.8 Å². The molecule has 0 aliphatic rings. The van der Waals surface area contributed by atoms with E-state index in [-0.39, 0.29) is 23.5 Å². The van der Waals surface area contributed by atoms with Gasteiger partial charge in [0.25, 0.3) is 0 Å². The number of hydrogen-bond acceptors (Lipinski definition) is 6. The molecule has 1 heterocycles. The minimum absolute atomic E-state index is 0.000433. The molecule has 176 valence electrons. The maximum Gasteiger partial charge on any atom is 0.573 e. The molecule has 1 aromatic heterocycles. The maximum atomic E-state index is 12.6. The van der Waals surface area contributed by atoms with E-state index in [1.165, 1.54) is 42.5 Å². The Balaban J connectivity index is 1.92. The molecule has 0 radical (unpaired) electrons. The van der Waals surface area contributed by atoms with Gasteiger partial charge in [-0.3, -0.25) is 0 Å². The Kier molecular flexibility index (Phi) is 7.52. The highest BCUT2D eigenvalue weighted by Gasteiger charge is 2.31. The first kappa shape index (κ1) is 24.0. The van der Waals surface area contributed by atoms with Gasteiger partial charge in [0.15, 0.2) is 0 Å². The third-order valence-electron chi connectivity index (χ3n) is 4.43. The fourth-order valence-corrected chi connectivity index (χ4v) is 2.77. The monoisotopic (exact) mass is 468 g/mol. The van der Waals surface area contributed by atoms with E-state index in [1.807, 2.05) is 13.8 Å². The summed E-state index contributed by atoms with van der Waals surface area (Å²) in [5, 5.41) is 6.17. The van der Waals surface area contributed by atoms with E-state index in [2.05, 4.69) is 30.1 Å². The zero-order chi connectivity index (χ0) is 24.0. The van der Waals surface area contributed by atoms with E-state index in [1.54, 1.807) is 12.1 Å². The Labute approximate surface area is 186 Å². The molecule has 0 saturated heterocycles. The van der Waals surface area contributed by atoms with Crippen LogP contribution < -0.4 is 20.1 Å². The molecular weight excluding hydrogens is 447 g/mol. The first-order valence-electron chi connectivity index (χ1n) is 9.95.